The van der Waals surface area contributed by atoms with Crippen LogP contribution in [0.25, 0.3) is 11.4 Å². The second-order valence-electron chi connectivity index (χ2n) is 4.08. The summed E-state index contributed by atoms with van der Waals surface area (Å²) in [5, 5.41) is 0.653. The van der Waals surface area contributed by atoms with Crippen molar-refractivity contribution in [3.63, 3.8) is 0 Å². The monoisotopic (exact) mass is 265 g/mol. The Morgan fingerprint density at radius 3 is 2.72 bits per heavy atom. The molecule has 0 aliphatic rings. The highest BCUT2D eigenvalue weighted by atomic mass is 35.5. The van der Waals surface area contributed by atoms with Crippen molar-refractivity contribution in [2.75, 3.05) is 7.11 Å². The van der Waals surface area contributed by atoms with Gasteiger partial charge in [0.1, 0.15) is 11.6 Å². The van der Waals surface area contributed by atoms with Crippen molar-refractivity contribution < 1.29 is 4.74 Å². The van der Waals surface area contributed by atoms with Gasteiger partial charge in [-0.2, -0.15) is 0 Å². The molecular weight excluding hydrogens is 250 g/mol. The maximum absolute atomic E-state index is 6.04. The van der Waals surface area contributed by atoms with Crippen molar-refractivity contribution in [1.82, 2.24) is 9.55 Å². The standard InChI is InChI=1S/C13H16ClN3O/c1-8-11(7-15)17(2)13(16-8)10-6-9(14)4-5-12(10)18-3/h4-6H,7,15H2,1-3H3. The molecule has 0 amide bonds. The first-order valence-electron chi connectivity index (χ1n) is 5.64. The van der Waals surface area contributed by atoms with Gasteiger partial charge >= 0.3 is 0 Å². The molecule has 0 fully saturated rings. The zero-order valence-electron chi connectivity index (χ0n) is 10.7. The molecule has 0 unspecified atom stereocenters. The fraction of sp³-hybridized carbons (Fsp3) is 0.308. The van der Waals surface area contributed by atoms with E-state index in [0.717, 1.165) is 28.5 Å². The molecule has 18 heavy (non-hydrogen) atoms. The highest BCUT2D eigenvalue weighted by molar-refractivity contribution is 6.30. The third-order valence-electron chi connectivity index (χ3n) is 3.01. The molecule has 0 bridgehead atoms. The van der Waals surface area contributed by atoms with E-state index in [9.17, 15) is 0 Å². The van der Waals surface area contributed by atoms with E-state index in [1.165, 1.54) is 0 Å². The van der Waals surface area contributed by atoms with E-state index < -0.39 is 0 Å². The van der Waals surface area contributed by atoms with E-state index in [1.54, 1.807) is 13.2 Å². The topological polar surface area (TPSA) is 53.1 Å². The number of rotatable bonds is 3. The number of imidazole rings is 1. The predicted octanol–water partition coefficient (Wildman–Crippen LogP) is 2.52. The average molecular weight is 266 g/mol. The van der Waals surface area contributed by atoms with Gasteiger partial charge in [0.05, 0.1) is 24.1 Å². The first kappa shape index (κ1) is 12.9. The van der Waals surface area contributed by atoms with E-state index >= 15 is 0 Å². The van der Waals surface area contributed by atoms with Crippen LogP contribution in [0.3, 0.4) is 0 Å². The van der Waals surface area contributed by atoms with Gasteiger partial charge in [-0.3, -0.25) is 0 Å². The molecule has 1 heterocycles. The molecule has 0 aliphatic carbocycles. The van der Waals surface area contributed by atoms with Gasteiger partial charge in [-0.15, -0.1) is 0 Å². The van der Waals surface area contributed by atoms with Crippen molar-refractivity contribution in [2.24, 2.45) is 12.8 Å². The summed E-state index contributed by atoms with van der Waals surface area (Å²) in [6, 6.07) is 5.48. The molecule has 0 spiro atoms. The highest BCUT2D eigenvalue weighted by Crippen LogP contribution is 2.32. The van der Waals surface area contributed by atoms with Crippen LogP contribution in [0.1, 0.15) is 11.4 Å². The van der Waals surface area contributed by atoms with Crippen molar-refractivity contribution in [3.8, 4) is 17.1 Å². The molecule has 1 aromatic heterocycles. The summed E-state index contributed by atoms with van der Waals surface area (Å²) in [6.45, 7) is 2.40. The maximum Gasteiger partial charge on any atom is 0.144 e. The Labute approximate surface area is 111 Å². The molecule has 0 aliphatic heterocycles. The van der Waals surface area contributed by atoms with Gasteiger partial charge < -0.3 is 15.0 Å². The van der Waals surface area contributed by atoms with Gasteiger partial charge in [0.15, 0.2) is 0 Å². The SMILES string of the molecule is COc1ccc(Cl)cc1-c1nc(C)c(CN)n1C. The van der Waals surface area contributed by atoms with E-state index in [1.807, 2.05) is 30.7 Å². The largest absolute Gasteiger partial charge is 0.496 e. The molecule has 96 valence electrons. The number of benzene rings is 1. The van der Waals surface area contributed by atoms with Crippen LogP contribution < -0.4 is 10.5 Å². The highest BCUT2D eigenvalue weighted by Gasteiger charge is 2.15. The molecule has 2 rings (SSSR count). The third kappa shape index (κ3) is 2.09. The van der Waals surface area contributed by atoms with Crippen LogP contribution in [0.2, 0.25) is 5.02 Å². The number of halogens is 1. The minimum absolute atomic E-state index is 0.457. The molecule has 4 nitrogen and oxygen atoms in total. The first-order chi connectivity index (χ1) is 8.58. The van der Waals surface area contributed by atoms with Gasteiger partial charge in [-0.1, -0.05) is 11.6 Å². The van der Waals surface area contributed by atoms with Crippen molar-refractivity contribution in [3.05, 3.63) is 34.6 Å². The Hall–Kier alpha value is -1.52. The number of aromatic nitrogens is 2. The molecule has 5 heteroatoms. The number of nitrogens with zero attached hydrogens (tertiary/aromatic N) is 2. The van der Waals surface area contributed by atoms with Crippen LogP contribution in [-0.4, -0.2) is 16.7 Å². The lowest BCUT2D eigenvalue weighted by Gasteiger charge is -2.09. The normalized spacial score (nSPS) is 10.7. The van der Waals surface area contributed by atoms with E-state index in [4.69, 9.17) is 22.1 Å². The Morgan fingerprint density at radius 2 is 2.17 bits per heavy atom. The second-order valence-corrected chi connectivity index (χ2v) is 4.51. The number of aryl methyl sites for hydroxylation is 1. The molecule has 0 atom stereocenters. The summed E-state index contributed by atoms with van der Waals surface area (Å²) < 4.78 is 7.32. The molecule has 0 radical (unpaired) electrons. The quantitative estimate of drug-likeness (QED) is 0.928. The van der Waals surface area contributed by atoms with E-state index in [2.05, 4.69) is 4.98 Å². The lowest BCUT2D eigenvalue weighted by molar-refractivity contribution is 0.416. The summed E-state index contributed by atoms with van der Waals surface area (Å²) in [6.07, 6.45) is 0. The van der Waals surface area contributed by atoms with Crippen LogP contribution in [0, 0.1) is 6.92 Å². The van der Waals surface area contributed by atoms with Gasteiger partial charge in [-0.25, -0.2) is 4.98 Å². The van der Waals surface area contributed by atoms with Crippen molar-refractivity contribution in [2.45, 2.75) is 13.5 Å². The van der Waals surface area contributed by atoms with Crippen LogP contribution in [0.4, 0.5) is 0 Å². The number of methoxy groups -OCH3 is 1. The molecular formula is C13H16ClN3O. The van der Waals surface area contributed by atoms with Gasteiger partial charge in [0.25, 0.3) is 0 Å². The Kier molecular flexibility index (Phi) is 3.59. The van der Waals surface area contributed by atoms with Crippen molar-refractivity contribution >= 4 is 11.6 Å². The minimum Gasteiger partial charge on any atom is -0.496 e. The van der Waals surface area contributed by atoms with Crippen LogP contribution in [-0.2, 0) is 13.6 Å². The van der Waals surface area contributed by atoms with E-state index in [0.29, 0.717) is 11.6 Å². The predicted molar refractivity (Wildman–Crippen MR) is 72.8 cm³/mol. The Bertz CT molecular complexity index is 578. The number of hydrogen-bond acceptors (Lipinski definition) is 3. The molecule has 0 saturated carbocycles. The molecule has 2 N–H and O–H groups in total. The second kappa shape index (κ2) is 5.00. The van der Waals surface area contributed by atoms with Gasteiger partial charge in [0.2, 0.25) is 0 Å². The summed E-state index contributed by atoms with van der Waals surface area (Å²) in [5.74, 6) is 1.56. The van der Waals surface area contributed by atoms with Gasteiger partial charge in [-0.05, 0) is 25.1 Å². The smallest absolute Gasteiger partial charge is 0.144 e. The van der Waals surface area contributed by atoms with Crippen LogP contribution in [0.5, 0.6) is 5.75 Å². The summed E-state index contributed by atoms with van der Waals surface area (Å²) in [5.41, 5.74) is 8.53. The lowest BCUT2D eigenvalue weighted by atomic mass is 10.2. The minimum atomic E-state index is 0.457. The zero-order chi connectivity index (χ0) is 13.3. The van der Waals surface area contributed by atoms with Gasteiger partial charge in [0, 0.05) is 18.6 Å². The maximum atomic E-state index is 6.04. The fourth-order valence-corrected chi connectivity index (χ4v) is 2.22. The fourth-order valence-electron chi connectivity index (χ4n) is 2.05. The molecule has 1 aromatic carbocycles. The number of nitrogens with two attached hydrogens (primary N) is 1. The average Bonchev–Trinajstić information content (AvgIpc) is 2.64. The van der Waals surface area contributed by atoms with Crippen LogP contribution in [0.15, 0.2) is 18.2 Å². The molecule has 0 saturated heterocycles. The summed E-state index contributed by atoms with van der Waals surface area (Å²) in [7, 11) is 3.57. The Balaban J connectivity index is 2.65. The summed E-state index contributed by atoms with van der Waals surface area (Å²) in [4.78, 5) is 4.55. The zero-order valence-corrected chi connectivity index (χ0v) is 11.5. The first-order valence-corrected chi connectivity index (χ1v) is 6.02. The Morgan fingerprint density at radius 1 is 1.44 bits per heavy atom. The lowest BCUT2D eigenvalue weighted by Crippen LogP contribution is -2.05. The summed E-state index contributed by atoms with van der Waals surface area (Å²) >= 11 is 6.04. The number of hydrogen-bond donors (Lipinski definition) is 1. The molecule has 2 aromatic rings. The van der Waals surface area contributed by atoms with Crippen molar-refractivity contribution in [1.29, 1.82) is 0 Å². The van der Waals surface area contributed by atoms with Crippen LogP contribution >= 0.6 is 11.6 Å². The number of ether oxygens (including phenoxy) is 1. The van der Waals surface area contributed by atoms with E-state index in [-0.39, 0.29) is 0 Å². The third-order valence-corrected chi connectivity index (χ3v) is 3.24.